The maximum Gasteiger partial charge on any atom is 0.407 e. The third-order valence-electron chi connectivity index (χ3n) is 3.14. The molecular weight excluding hydrogens is 282 g/mol. The van der Waals surface area contributed by atoms with E-state index >= 15 is 0 Å². The Bertz CT molecular complexity index is 433. The van der Waals surface area contributed by atoms with Crippen molar-refractivity contribution in [2.75, 3.05) is 6.61 Å². The summed E-state index contributed by atoms with van der Waals surface area (Å²) in [6, 6.07) is 0.497. The molecular formula is C13H18ClN3O3. The van der Waals surface area contributed by atoms with E-state index in [1.54, 1.807) is 6.92 Å². The first-order valence-corrected chi connectivity index (χ1v) is 7.12. The van der Waals surface area contributed by atoms with E-state index in [1.165, 1.54) is 12.4 Å². The summed E-state index contributed by atoms with van der Waals surface area (Å²) in [7, 11) is 0. The summed E-state index contributed by atoms with van der Waals surface area (Å²) in [4.78, 5) is 19.3. The summed E-state index contributed by atoms with van der Waals surface area (Å²) in [5.74, 6) is 0. The molecule has 20 heavy (non-hydrogen) atoms. The van der Waals surface area contributed by atoms with Crippen molar-refractivity contribution in [2.24, 2.45) is 0 Å². The van der Waals surface area contributed by atoms with Gasteiger partial charge in [-0.1, -0.05) is 11.6 Å². The number of carbonyl (C=O) groups is 1. The van der Waals surface area contributed by atoms with Gasteiger partial charge in [0.15, 0.2) is 0 Å². The molecule has 1 heterocycles. The van der Waals surface area contributed by atoms with Gasteiger partial charge in [-0.25, -0.2) is 14.8 Å². The number of amides is 1. The van der Waals surface area contributed by atoms with Crippen LogP contribution in [0.1, 0.15) is 32.6 Å². The van der Waals surface area contributed by atoms with E-state index in [4.69, 9.17) is 21.1 Å². The SMILES string of the molecule is CCOC(=O)NC1CCC(Oc2ncc(Cl)cn2)CC1. The van der Waals surface area contributed by atoms with Crippen LogP contribution >= 0.6 is 11.6 Å². The summed E-state index contributed by atoms with van der Waals surface area (Å²) in [6.45, 7) is 2.18. The highest BCUT2D eigenvalue weighted by atomic mass is 35.5. The predicted octanol–water partition coefficient (Wildman–Crippen LogP) is 2.57. The van der Waals surface area contributed by atoms with Crippen molar-refractivity contribution in [1.29, 1.82) is 0 Å². The molecule has 0 aliphatic heterocycles. The smallest absolute Gasteiger partial charge is 0.407 e. The average molecular weight is 300 g/mol. The highest BCUT2D eigenvalue weighted by Crippen LogP contribution is 2.22. The second kappa shape index (κ2) is 7.28. The molecule has 0 unspecified atom stereocenters. The van der Waals surface area contributed by atoms with Gasteiger partial charge >= 0.3 is 12.1 Å². The number of ether oxygens (including phenoxy) is 2. The maximum atomic E-state index is 11.3. The van der Waals surface area contributed by atoms with Gasteiger partial charge < -0.3 is 14.8 Å². The van der Waals surface area contributed by atoms with Crippen LogP contribution in [0.5, 0.6) is 6.01 Å². The molecule has 2 rings (SSSR count). The van der Waals surface area contributed by atoms with E-state index in [9.17, 15) is 4.79 Å². The van der Waals surface area contributed by atoms with Crippen molar-refractivity contribution in [1.82, 2.24) is 15.3 Å². The quantitative estimate of drug-likeness (QED) is 0.925. The molecule has 6 nitrogen and oxygen atoms in total. The van der Waals surface area contributed by atoms with Gasteiger partial charge in [0.2, 0.25) is 0 Å². The van der Waals surface area contributed by atoms with E-state index in [1.807, 2.05) is 0 Å². The first-order valence-electron chi connectivity index (χ1n) is 6.75. The van der Waals surface area contributed by atoms with E-state index in [-0.39, 0.29) is 18.2 Å². The lowest BCUT2D eigenvalue weighted by molar-refractivity contribution is 0.116. The summed E-state index contributed by atoms with van der Waals surface area (Å²) >= 11 is 5.72. The zero-order valence-electron chi connectivity index (χ0n) is 11.3. The summed E-state index contributed by atoms with van der Waals surface area (Å²) in [5.41, 5.74) is 0. The Labute approximate surface area is 122 Å². The fraction of sp³-hybridized carbons (Fsp3) is 0.615. The van der Waals surface area contributed by atoms with Gasteiger partial charge in [-0.05, 0) is 32.6 Å². The number of hydrogen-bond acceptors (Lipinski definition) is 5. The normalized spacial score (nSPS) is 22.1. The number of hydrogen-bond donors (Lipinski definition) is 1. The predicted molar refractivity (Wildman–Crippen MR) is 73.9 cm³/mol. The van der Waals surface area contributed by atoms with Crippen LogP contribution in [0.2, 0.25) is 5.02 Å². The highest BCUT2D eigenvalue weighted by Gasteiger charge is 2.24. The lowest BCUT2D eigenvalue weighted by Gasteiger charge is -2.28. The maximum absolute atomic E-state index is 11.3. The molecule has 1 fully saturated rings. The molecule has 1 N–H and O–H groups in total. The van der Waals surface area contributed by atoms with Crippen molar-refractivity contribution < 1.29 is 14.3 Å². The lowest BCUT2D eigenvalue weighted by atomic mass is 9.93. The molecule has 1 aliphatic carbocycles. The van der Waals surface area contributed by atoms with Crippen LogP contribution in [0.15, 0.2) is 12.4 Å². The minimum absolute atomic E-state index is 0.0800. The van der Waals surface area contributed by atoms with Crippen molar-refractivity contribution in [3.05, 3.63) is 17.4 Å². The number of alkyl carbamates (subject to hydrolysis) is 1. The lowest BCUT2D eigenvalue weighted by Crippen LogP contribution is -2.40. The summed E-state index contributed by atoms with van der Waals surface area (Å²) in [6.07, 6.45) is 6.17. The Morgan fingerprint density at radius 1 is 1.35 bits per heavy atom. The summed E-state index contributed by atoms with van der Waals surface area (Å²) < 4.78 is 10.6. The van der Waals surface area contributed by atoms with Crippen molar-refractivity contribution >= 4 is 17.7 Å². The van der Waals surface area contributed by atoms with Gasteiger partial charge in [0.1, 0.15) is 6.10 Å². The van der Waals surface area contributed by atoms with Crippen LogP contribution in [0, 0.1) is 0 Å². The number of nitrogens with one attached hydrogen (secondary N) is 1. The number of aromatic nitrogens is 2. The monoisotopic (exact) mass is 299 g/mol. The Kier molecular flexibility index (Phi) is 5.40. The first kappa shape index (κ1) is 14.8. The number of rotatable bonds is 4. The molecule has 1 amide bonds. The second-order valence-electron chi connectivity index (χ2n) is 4.64. The molecule has 110 valence electrons. The zero-order valence-corrected chi connectivity index (χ0v) is 12.1. The minimum Gasteiger partial charge on any atom is -0.460 e. The van der Waals surface area contributed by atoms with Gasteiger partial charge in [0, 0.05) is 6.04 Å². The second-order valence-corrected chi connectivity index (χ2v) is 5.08. The van der Waals surface area contributed by atoms with Crippen LogP contribution in [0.3, 0.4) is 0 Å². The fourth-order valence-electron chi connectivity index (χ4n) is 2.17. The Balaban J connectivity index is 1.74. The highest BCUT2D eigenvalue weighted by molar-refractivity contribution is 6.30. The molecule has 7 heteroatoms. The zero-order chi connectivity index (χ0) is 14.4. The largest absolute Gasteiger partial charge is 0.460 e. The van der Waals surface area contributed by atoms with Crippen LogP contribution < -0.4 is 10.1 Å². The molecule has 0 atom stereocenters. The first-order chi connectivity index (χ1) is 9.67. The van der Waals surface area contributed by atoms with Crippen molar-refractivity contribution in [2.45, 2.75) is 44.8 Å². The van der Waals surface area contributed by atoms with E-state index in [0.717, 1.165) is 25.7 Å². The number of nitrogens with zero attached hydrogens (tertiary/aromatic N) is 2. The van der Waals surface area contributed by atoms with E-state index < -0.39 is 0 Å². The van der Waals surface area contributed by atoms with Crippen LogP contribution in [-0.4, -0.2) is 34.8 Å². The Morgan fingerprint density at radius 3 is 2.60 bits per heavy atom. The Hall–Kier alpha value is -1.56. The molecule has 0 aromatic carbocycles. The third kappa shape index (κ3) is 4.52. The molecule has 0 radical (unpaired) electrons. The van der Waals surface area contributed by atoms with Gasteiger partial charge in [0.05, 0.1) is 24.0 Å². The van der Waals surface area contributed by atoms with Gasteiger partial charge in [-0.2, -0.15) is 0 Å². The Morgan fingerprint density at radius 2 is 2.00 bits per heavy atom. The molecule has 0 saturated heterocycles. The number of carbonyl (C=O) groups excluding carboxylic acids is 1. The standard InChI is InChI=1S/C13H18ClN3O3/c1-2-19-13(18)17-10-3-5-11(6-4-10)20-12-15-7-9(14)8-16-12/h7-8,10-11H,2-6H2,1H3,(H,17,18). The topological polar surface area (TPSA) is 73.3 Å². The van der Waals surface area contributed by atoms with Crippen LogP contribution in [0.25, 0.3) is 0 Å². The van der Waals surface area contributed by atoms with Gasteiger partial charge in [-0.15, -0.1) is 0 Å². The van der Waals surface area contributed by atoms with Crippen LogP contribution in [-0.2, 0) is 4.74 Å². The van der Waals surface area contributed by atoms with Crippen molar-refractivity contribution in [3.63, 3.8) is 0 Å². The van der Waals surface area contributed by atoms with Crippen molar-refractivity contribution in [3.8, 4) is 6.01 Å². The van der Waals surface area contributed by atoms with Gasteiger partial charge in [0.25, 0.3) is 0 Å². The third-order valence-corrected chi connectivity index (χ3v) is 3.34. The molecule has 0 spiro atoms. The molecule has 0 bridgehead atoms. The molecule has 1 aliphatic rings. The van der Waals surface area contributed by atoms with Gasteiger partial charge in [-0.3, -0.25) is 0 Å². The average Bonchev–Trinajstić information content (AvgIpc) is 2.44. The number of halogens is 1. The fourth-order valence-corrected chi connectivity index (χ4v) is 2.27. The minimum atomic E-state index is -0.349. The molecule has 1 saturated carbocycles. The molecule has 1 aromatic rings. The van der Waals surface area contributed by atoms with E-state index in [0.29, 0.717) is 17.6 Å². The molecule has 1 aromatic heterocycles. The van der Waals surface area contributed by atoms with Crippen LogP contribution in [0.4, 0.5) is 4.79 Å². The summed E-state index contributed by atoms with van der Waals surface area (Å²) in [5, 5.41) is 3.33. The van der Waals surface area contributed by atoms with E-state index in [2.05, 4.69) is 15.3 Å².